The highest BCUT2D eigenvalue weighted by Crippen LogP contribution is 2.31. The molecular weight excluding hydrogens is 403 g/mol. The molecule has 0 heterocycles. The maximum atomic E-state index is 13.5. The lowest BCUT2D eigenvalue weighted by atomic mass is 10.0. The number of phenols is 2. The molecule has 4 aromatic rings. The number of aryl methyl sites for hydroxylation is 2. The predicted molar refractivity (Wildman–Crippen MR) is 121 cm³/mol. The number of aromatic hydroxyl groups is 2. The summed E-state index contributed by atoms with van der Waals surface area (Å²) in [5, 5.41) is 20.8. The fourth-order valence-electron chi connectivity index (χ4n) is 3.46. The first-order valence-corrected chi connectivity index (χ1v) is 9.99. The second kappa shape index (κ2) is 10.1. The molecule has 6 heteroatoms. The van der Waals surface area contributed by atoms with Gasteiger partial charge < -0.3 is 15.9 Å². The van der Waals surface area contributed by atoms with Crippen LogP contribution in [0.25, 0.3) is 21.5 Å². The van der Waals surface area contributed by atoms with Crippen LogP contribution in [0.5, 0.6) is 11.5 Å². The Bertz CT molecular complexity index is 1220. The van der Waals surface area contributed by atoms with Gasteiger partial charge in [0.2, 0.25) is 0 Å². The van der Waals surface area contributed by atoms with Gasteiger partial charge in [-0.15, -0.1) is 0 Å². The van der Waals surface area contributed by atoms with E-state index >= 15 is 0 Å². The summed E-state index contributed by atoms with van der Waals surface area (Å²) in [6.45, 7) is 7.51. The molecule has 0 radical (unpaired) electrons. The first-order chi connectivity index (χ1) is 14.7. The molecule has 0 bridgehead atoms. The van der Waals surface area contributed by atoms with E-state index in [2.05, 4.69) is 0 Å². The number of rotatable bonds is 1. The summed E-state index contributed by atoms with van der Waals surface area (Å²) < 4.78 is 39.7. The summed E-state index contributed by atoms with van der Waals surface area (Å²) in [6.07, 6.45) is 0.581. The lowest BCUT2D eigenvalue weighted by Crippen LogP contribution is -1.95. The first-order valence-electron chi connectivity index (χ1n) is 9.99. The molecule has 0 unspecified atom stereocenters. The average molecular weight is 429 g/mol. The third kappa shape index (κ3) is 5.02. The summed E-state index contributed by atoms with van der Waals surface area (Å²) in [4.78, 5) is 0. The highest BCUT2D eigenvalue weighted by molar-refractivity contribution is 5.97. The Morgan fingerprint density at radius 2 is 1.29 bits per heavy atom. The van der Waals surface area contributed by atoms with E-state index in [1.165, 1.54) is 30.3 Å². The average Bonchev–Trinajstić information content (AvgIpc) is 2.72. The maximum absolute atomic E-state index is 13.5. The summed E-state index contributed by atoms with van der Waals surface area (Å²) in [5.41, 5.74) is 7.32. The van der Waals surface area contributed by atoms with Crippen molar-refractivity contribution < 1.29 is 23.4 Å². The molecule has 0 fully saturated rings. The molecular formula is C25H26F3NO2. The number of hydrogen-bond donors (Lipinski definition) is 3. The van der Waals surface area contributed by atoms with E-state index in [9.17, 15) is 23.4 Å². The van der Waals surface area contributed by atoms with Crippen LogP contribution in [0.1, 0.15) is 31.9 Å². The largest absolute Gasteiger partial charge is 0.508 e. The van der Waals surface area contributed by atoms with Gasteiger partial charge in [0, 0.05) is 22.5 Å². The van der Waals surface area contributed by atoms with Crippen LogP contribution in [-0.2, 0) is 6.42 Å². The van der Waals surface area contributed by atoms with Crippen molar-refractivity contribution in [2.24, 2.45) is 0 Å². The molecule has 4 aromatic carbocycles. The number of anilines is 1. The van der Waals surface area contributed by atoms with Gasteiger partial charge in [-0.25, -0.2) is 13.2 Å². The van der Waals surface area contributed by atoms with Crippen LogP contribution in [0.2, 0.25) is 0 Å². The Morgan fingerprint density at radius 3 is 1.87 bits per heavy atom. The Kier molecular flexibility index (Phi) is 7.75. The Morgan fingerprint density at radius 1 is 0.774 bits per heavy atom. The van der Waals surface area contributed by atoms with Crippen molar-refractivity contribution in [2.75, 3.05) is 5.73 Å². The highest BCUT2D eigenvalue weighted by atomic mass is 19.2. The number of fused-ring (bicyclic) bond motifs is 2. The molecule has 0 saturated carbocycles. The first kappa shape index (κ1) is 23.9. The van der Waals surface area contributed by atoms with Gasteiger partial charge in [0.15, 0.2) is 11.6 Å². The lowest BCUT2D eigenvalue weighted by molar-refractivity contribution is 0.475. The minimum Gasteiger partial charge on any atom is -0.508 e. The standard InChI is InChI=1S/C12H12FNO.C11H8F2O.C2H6/c1-2-9-10(13)4-3-7-5-8(15)6-11(14)12(7)9;1-6-4-8(14)5-7-2-3-9(12)11(13)10(6)7;1-2/h3-6,15H,2,14H2,1H3;2-5,14H,1H3;1-2H3. The van der Waals surface area contributed by atoms with Gasteiger partial charge in [0.25, 0.3) is 0 Å². The van der Waals surface area contributed by atoms with E-state index in [4.69, 9.17) is 5.73 Å². The van der Waals surface area contributed by atoms with Crippen LogP contribution < -0.4 is 5.73 Å². The summed E-state index contributed by atoms with van der Waals surface area (Å²) in [5.74, 6) is -1.82. The van der Waals surface area contributed by atoms with Crippen LogP contribution in [0, 0.1) is 24.4 Å². The molecule has 0 aliphatic rings. The van der Waals surface area contributed by atoms with E-state index in [0.717, 1.165) is 11.5 Å². The molecule has 0 aromatic heterocycles. The van der Waals surface area contributed by atoms with Gasteiger partial charge >= 0.3 is 0 Å². The van der Waals surface area contributed by atoms with E-state index < -0.39 is 11.6 Å². The quantitative estimate of drug-likeness (QED) is 0.286. The molecule has 3 nitrogen and oxygen atoms in total. The number of nitrogens with two attached hydrogens (primary N) is 1. The molecule has 31 heavy (non-hydrogen) atoms. The van der Waals surface area contributed by atoms with E-state index in [1.54, 1.807) is 19.1 Å². The normalized spacial score (nSPS) is 10.3. The lowest BCUT2D eigenvalue weighted by Gasteiger charge is -2.09. The summed E-state index contributed by atoms with van der Waals surface area (Å²) in [7, 11) is 0. The maximum Gasteiger partial charge on any atom is 0.166 e. The molecule has 4 N–H and O–H groups in total. The van der Waals surface area contributed by atoms with E-state index in [-0.39, 0.29) is 22.7 Å². The van der Waals surface area contributed by atoms with Gasteiger partial charge in [-0.2, -0.15) is 0 Å². The topological polar surface area (TPSA) is 66.5 Å². The van der Waals surface area contributed by atoms with Crippen molar-refractivity contribution in [3.05, 3.63) is 77.1 Å². The van der Waals surface area contributed by atoms with E-state index in [0.29, 0.717) is 34.0 Å². The molecule has 0 spiro atoms. The second-order valence-electron chi connectivity index (χ2n) is 6.73. The fraction of sp³-hybridized carbons (Fsp3) is 0.200. The summed E-state index contributed by atoms with van der Waals surface area (Å²) in [6, 6.07) is 11.4. The Balaban J connectivity index is 0.000000204. The van der Waals surface area contributed by atoms with Crippen molar-refractivity contribution >= 4 is 27.2 Å². The van der Waals surface area contributed by atoms with Crippen LogP contribution in [0.3, 0.4) is 0 Å². The van der Waals surface area contributed by atoms with Crippen molar-refractivity contribution in [3.63, 3.8) is 0 Å². The van der Waals surface area contributed by atoms with Gasteiger partial charge in [-0.1, -0.05) is 32.9 Å². The number of halogens is 3. The number of phenolic OH excluding ortho intramolecular Hbond substituents is 2. The smallest absolute Gasteiger partial charge is 0.166 e. The minimum atomic E-state index is -0.869. The van der Waals surface area contributed by atoms with Crippen LogP contribution in [0.4, 0.5) is 18.9 Å². The van der Waals surface area contributed by atoms with Gasteiger partial charge in [0.05, 0.1) is 0 Å². The van der Waals surface area contributed by atoms with Gasteiger partial charge in [-0.05, 0) is 65.6 Å². The fourth-order valence-corrected chi connectivity index (χ4v) is 3.46. The molecule has 4 rings (SSSR count). The molecule has 0 atom stereocenters. The van der Waals surface area contributed by atoms with Gasteiger partial charge in [0.1, 0.15) is 17.3 Å². The van der Waals surface area contributed by atoms with Crippen molar-refractivity contribution in [3.8, 4) is 11.5 Å². The van der Waals surface area contributed by atoms with E-state index in [1.807, 2.05) is 20.8 Å². The van der Waals surface area contributed by atoms with Crippen molar-refractivity contribution in [1.82, 2.24) is 0 Å². The van der Waals surface area contributed by atoms with Crippen LogP contribution in [0.15, 0.2) is 48.5 Å². The van der Waals surface area contributed by atoms with Crippen molar-refractivity contribution in [2.45, 2.75) is 34.1 Å². The van der Waals surface area contributed by atoms with Crippen LogP contribution >= 0.6 is 0 Å². The third-order valence-corrected chi connectivity index (χ3v) is 4.73. The Labute approximate surface area is 179 Å². The van der Waals surface area contributed by atoms with Gasteiger partial charge in [-0.3, -0.25) is 0 Å². The number of nitrogen functional groups attached to an aromatic ring is 1. The third-order valence-electron chi connectivity index (χ3n) is 4.73. The zero-order valence-electron chi connectivity index (χ0n) is 17.9. The number of hydrogen-bond acceptors (Lipinski definition) is 3. The zero-order valence-corrected chi connectivity index (χ0v) is 17.9. The second-order valence-corrected chi connectivity index (χ2v) is 6.73. The highest BCUT2D eigenvalue weighted by Gasteiger charge is 2.10. The molecule has 0 saturated heterocycles. The molecule has 0 aliphatic carbocycles. The van der Waals surface area contributed by atoms with Crippen LogP contribution in [-0.4, -0.2) is 10.2 Å². The Hall–Kier alpha value is -3.41. The predicted octanol–water partition coefficient (Wildman–Crippen LogP) is 6.99. The SMILES string of the molecule is CC.CCc1c(F)ccc2cc(O)cc(N)c12.Cc1cc(O)cc2ccc(F)c(F)c12. The molecule has 0 amide bonds. The zero-order chi connectivity index (χ0) is 23.3. The minimum absolute atomic E-state index is 0.0565. The monoisotopic (exact) mass is 429 g/mol. The molecule has 164 valence electrons. The van der Waals surface area contributed by atoms with Crippen molar-refractivity contribution in [1.29, 1.82) is 0 Å². The summed E-state index contributed by atoms with van der Waals surface area (Å²) >= 11 is 0. The molecule has 0 aliphatic heterocycles. The number of benzene rings is 4.